The van der Waals surface area contributed by atoms with Gasteiger partial charge in [-0.05, 0) is 35.4 Å². The molecule has 4 rings (SSSR count). The van der Waals surface area contributed by atoms with Crippen LogP contribution in [0.15, 0.2) is 66.7 Å². The van der Waals surface area contributed by atoms with Crippen molar-refractivity contribution < 1.29 is 14.3 Å². The van der Waals surface area contributed by atoms with Crippen LogP contribution in [0.4, 0.5) is 0 Å². The second-order valence-electron chi connectivity index (χ2n) is 7.67. The van der Waals surface area contributed by atoms with E-state index in [0.29, 0.717) is 24.4 Å². The summed E-state index contributed by atoms with van der Waals surface area (Å²) in [6.07, 6.45) is 0. The Kier molecular flexibility index (Phi) is 6.10. The SMILES string of the molecule is CC(=O)c1cccc(OCC(=O)N2CCN(Cc3cccc4ccccc34)CC2)c1. The molecule has 0 unspecified atom stereocenters. The van der Waals surface area contributed by atoms with E-state index in [2.05, 4.69) is 47.4 Å². The van der Waals surface area contributed by atoms with Crippen molar-refractivity contribution in [3.05, 3.63) is 77.9 Å². The zero-order chi connectivity index (χ0) is 20.9. The van der Waals surface area contributed by atoms with Gasteiger partial charge in [-0.3, -0.25) is 14.5 Å². The lowest BCUT2D eigenvalue weighted by molar-refractivity contribution is -0.135. The minimum atomic E-state index is -0.0203. The molecule has 1 saturated heterocycles. The Morgan fingerprint density at radius 1 is 0.900 bits per heavy atom. The average molecular weight is 402 g/mol. The van der Waals surface area contributed by atoms with Crippen LogP contribution >= 0.6 is 0 Å². The van der Waals surface area contributed by atoms with E-state index in [9.17, 15) is 9.59 Å². The van der Waals surface area contributed by atoms with E-state index < -0.39 is 0 Å². The van der Waals surface area contributed by atoms with Crippen LogP contribution in [0.3, 0.4) is 0 Å². The van der Waals surface area contributed by atoms with Crippen molar-refractivity contribution in [2.24, 2.45) is 0 Å². The molecule has 5 nitrogen and oxygen atoms in total. The molecule has 1 fully saturated rings. The molecule has 1 amide bonds. The van der Waals surface area contributed by atoms with Crippen molar-refractivity contribution in [1.82, 2.24) is 9.80 Å². The largest absolute Gasteiger partial charge is 0.484 e. The number of piperazine rings is 1. The Labute approximate surface area is 176 Å². The van der Waals surface area contributed by atoms with E-state index in [1.54, 1.807) is 24.3 Å². The molecule has 0 atom stereocenters. The normalized spacial score (nSPS) is 14.6. The molecule has 3 aromatic carbocycles. The van der Waals surface area contributed by atoms with E-state index in [0.717, 1.165) is 19.6 Å². The zero-order valence-electron chi connectivity index (χ0n) is 17.2. The standard InChI is InChI=1S/C25H26N2O3/c1-19(28)21-8-5-10-23(16-21)30-18-25(29)27-14-12-26(13-15-27)17-22-9-4-7-20-6-2-3-11-24(20)22/h2-11,16H,12-15,17-18H2,1H3. The summed E-state index contributed by atoms with van der Waals surface area (Å²) in [4.78, 5) is 28.3. The third-order valence-corrected chi connectivity index (χ3v) is 5.60. The molecule has 0 saturated carbocycles. The Morgan fingerprint density at radius 3 is 2.43 bits per heavy atom. The number of Topliss-reactive ketones (excluding diaryl/α,β-unsaturated/α-hetero) is 1. The van der Waals surface area contributed by atoms with Gasteiger partial charge >= 0.3 is 0 Å². The van der Waals surface area contributed by atoms with Crippen LogP contribution in [0.5, 0.6) is 5.75 Å². The number of nitrogens with zero attached hydrogens (tertiary/aromatic N) is 2. The number of ketones is 1. The van der Waals surface area contributed by atoms with E-state index in [1.807, 2.05) is 4.90 Å². The van der Waals surface area contributed by atoms with Gasteiger partial charge in [0.2, 0.25) is 0 Å². The van der Waals surface area contributed by atoms with Crippen molar-refractivity contribution in [3.63, 3.8) is 0 Å². The monoisotopic (exact) mass is 402 g/mol. The van der Waals surface area contributed by atoms with Gasteiger partial charge in [-0.2, -0.15) is 0 Å². The number of hydrogen-bond donors (Lipinski definition) is 0. The van der Waals surface area contributed by atoms with Crippen LogP contribution in [0.25, 0.3) is 10.8 Å². The summed E-state index contributed by atoms with van der Waals surface area (Å²) in [6.45, 7) is 5.47. The highest BCUT2D eigenvalue weighted by Gasteiger charge is 2.22. The van der Waals surface area contributed by atoms with Gasteiger partial charge in [0, 0.05) is 38.3 Å². The van der Waals surface area contributed by atoms with Crippen LogP contribution < -0.4 is 4.74 Å². The van der Waals surface area contributed by atoms with Crippen molar-refractivity contribution in [2.45, 2.75) is 13.5 Å². The average Bonchev–Trinajstić information content (AvgIpc) is 2.78. The molecule has 0 bridgehead atoms. The first-order chi connectivity index (χ1) is 14.6. The Hall–Kier alpha value is -3.18. The molecule has 154 valence electrons. The fourth-order valence-electron chi connectivity index (χ4n) is 3.87. The van der Waals surface area contributed by atoms with Gasteiger partial charge in [-0.1, -0.05) is 54.6 Å². The van der Waals surface area contributed by atoms with Crippen LogP contribution in [0.1, 0.15) is 22.8 Å². The summed E-state index contributed by atoms with van der Waals surface area (Å²) in [5.74, 6) is 0.507. The summed E-state index contributed by atoms with van der Waals surface area (Å²) >= 11 is 0. The molecular formula is C25H26N2O3. The van der Waals surface area contributed by atoms with E-state index >= 15 is 0 Å². The van der Waals surface area contributed by atoms with Crippen LogP contribution in [-0.2, 0) is 11.3 Å². The number of ether oxygens (including phenoxy) is 1. The summed E-state index contributed by atoms with van der Waals surface area (Å²) in [6, 6.07) is 21.8. The van der Waals surface area contributed by atoms with E-state index in [4.69, 9.17) is 4.74 Å². The number of hydrogen-bond acceptors (Lipinski definition) is 4. The predicted molar refractivity (Wildman–Crippen MR) is 118 cm³/mol. The molecule has 1 aliphatic rings. The molecule has 3 aromatic rings. The molecule has 0 spiro atoms. The molecule has 0 aromatic heterocycles. The van der Waals surface area contributed by atoms with Gasteiger partial charge in [0.15, 0.2) is 12.4 Å². The molecule has 0 radical (unpaired) electrons. The van der Waals surface area contributed by atoms with Crippen molar-refractivity contribution in [3.8, 4) is 5.75 Å². The van der Waals surface area contributed by atoms with E-state index in [-0.39, 0.29) is 18.3 Å². The maximum atomic E-state index is 12.5. The smallest absolute Gasteiger partial charge is 0.260 e. The molecular weight excluding hydrogens is 376 g/mol. The lowest BCUT2D eigenvalue weighted by atomic mass is 10.0. The Bertz CT molecular complexity index is 1050. The number of amides is 1. The second-order valence-corrected chi connectivity index (χ2v) is 7.67. The highest BCUT2D eigenvalue weighted by Crippen LogP contribution is 2.20. The maximum absolute atomic E-state index is 12.5. The van der Waals surface area contributed by atoms with Crippen molar-refractivity contribution in [2.75, 3.05) is 32.8 Å². The van der Waals surface area contributed by atoms with Crippen molar-refractivity contribution in [1.29, 1.82) is 0 Å². The first-order valence-electron chi connectivity index (χ1n) is 10.3. The van der Waals surface area contributed by atoms with Gasteiger partial charge in [-0.15, -0.1) is 0 Å². The Balaban J connectivity index is 1.29. The zero-order valence-corrected chi connectivity index (χ0v) is 17.2. The highest BCUT2D eigenvalue weighted by atomic mass is 16.5. The number of carbonyl (C=O) groups is 2. The van der Waals surface area contributed by atoms with Crippen LogP contribution in [-0.4, -0.2) is 54.3 Å². The fraction of sp³-hybridized carbons (Fsp3) is 0.280. The van der Waals surface area contributed by atoms with Gasteiger partial charge in [0.05, 0.1) is 0 Å². The minimum absolute atomic E-state index is 0.00925. The molecule has 5 heteroatoms. The summed E-state index contributed by atoms with van der Waals surface area (Å²) in [5, 5.41) is 2.55. The van der Waals surface area contributed by atoms with Gasteiger partial charge in [0.25, 0.3) is 5.91 Å². The van der Waals surface area contributed by atoms with Gasteiger partial charge in [0.1, 0.15) is 5.75 Å². The molecule has 0 N–H and O–H groups in total. The van der Waals surface area contributed by atoms with Gasteiger partial charge < -0.3 is 9.64 Å². The molecule has 1 heterocycles. The third kappa shape index (κ3) is 4.69. The fourth-order valence-corrected chi connectivity index (χ4v) is 3.87. The second kappa shape index (κ2) is 9.09. The molecule has 0 aliphatic carbocycles. The lowest BCUT2D eigenvalue weighted by Crippen LogP contribution is -2.49. The number of benzene rings is 3. The van der Waals surface area contributed by atoms with Crippen LogP contribution in [0, 0.1) is 0 Å². The minimum Gasteiger partial charge on any atom is -0.484 e. The summed E-state index contributed by atoms with van der Waals surface area (Å²) in [5.41, 5.74) is 1.91. The maximum Gasteiger partial charge on any atom is 0.260 e. The first-order valence-corrected chi connectivity index (χ1v) is 10.3. The predicted octanol–water partition coefficient (Wildman–Crippen LogP) is 3.77. The Morgan fingerprint density at radius 2 is 1.63 bits per heavy atom. The highest BCUT2D eigenvalue weighted by molar-refractivity contribution is 5.94. The molecule has 1 aliphatic heterocycles. The van der Waals surface area contributed by atoms with Crippen LogP contribution in [0.2, 0.25) is 0 Å². The lowest BCUT2D eigenvalue weighted by Gasteiger charge is -2.34. The number of carbonyl (C=O) groups excluding carboxylic acids is 2. The first kappa shape index (κ1) is 20.1. The summed E-state index contributed by atoms with van der Waals surface area (Å²) in [7, 11) is 0. The third-order valence-electron chi connectivity index (χ3n) is 5.60. The number of rotatable bonds is 6. The quantitative estimate of drug-likeness (QED) is 0.589. The number of fused-ring (bicyclic) bond motifs is 1. The van der Waals surface area contributed by atoms with Gasteiger partial charge in [-0.25, -0.2) is 0 Å². The van der Waals surface area contributed by atoms with Crippen molar-refractivity contribution >= 4 is 22.5 Å². The summed E-state index contributed by atoms with van der Waals surface area (Å²) < 4.78 is 5.63. The van der Waals surface area contributed by atoms with E-state index in [1.165, 1.54) is 23.3 Å². The topological polar surface area (TPSA) is 49.9 Å². The molecule has 30 heavy (non-hydrogen) atoms.